The van der Waals surface area contributed by atoms with Gasteiger partial charge < -0.3 is 0 Å². The first-order valence-corrected chi connectivity index (χ1v) is 9.13. The lowest BCUT2D eigenvalue weighted by Crippen LogP contribution is -2.36. The van der Waals surface area contributed by atoms with Crippen molar-refractivity contribution in [2.24, 2.45) is 18.9 Å². The van der Waals surface area contributed by atoms with Crippen LogP contribution in [-0.2, 0) is 7.05 Å². The van der Waals surface area contributed by atoms with Crippen LogP contribution in [0.15, 0.2) is 30.6 Å². The number of alkyl halides is 2. The van der Waals surface area contributed by atoms with Crippen LogP contribution in [0.3, 0.4) is 0 Å². The van der Waals surface area contributed by atoms with Gasteiger partial charge in [0, 0.05) is 13.2 Å². The molecular formula is C20H23F2N3O. The number of amides is 1. The Balaban J connectivity index is 1.80. The van der Waals surface area contributed by atoms with Gasteiger partial charge in [-0.1, -0.05) is 26.0 Å². The number of carbonyl (C=O) groups excluding carboxylic acids is 1. The highest BCUT2D eigenvalue weighted by molar-refractivity contribution is 6.06. The summed E-state index contributed by atoms with van der Waals surface area (Å²) in [6, 6.07) is 5.52. The Kier molecular flexibility index (Phi) is 4.09. The molecule has 1 aromatic heterocycles. The number of anilines is 1. The summed E-state index contributed by atoms with van der Waals surface area (Å²) in [7, 11) is 1.66. The minimum Gasteiger partial charge on any atom is -0.275 e. The predicted octanol–water partition coefficient (Wildman–Crippen LogP) is 4.54. The summed E-state index contributed by atoms with van der Waals surface area (Å²) in [5.74, 6) is 0.934. The normalized spacial score (nSPS) is 23.7. The van der Waals surface area contributed by atoms with Gasteiger partial charge in [0.1, 0.15) is 0 Å². The number of benzene rings is 1. The topological polar surface area (TPSA) is 38.1 Å². The highest BCUT2D eigenvalue weighted by Gasteiger charge is 2.49. The summed E-state index contributed by atoms with van der Waals surface area (Å²) in [4.78, 5) is 13.5. The van der Waals surface area contributed by atoms with E-state index in [1.165, 1.54) is 17.1 Å². The van der Waals surface area contributed by atoms with E-state index < -0.39 is 12.5 Å². The van der Waals surface area contributed by atoms with Crippen molar-refractivity contribution in [2.75, 3.05) is 4.90 Å². The smallest absolute Gasteiger partial charge is 0.275 e. The molecule has 138 valence electrons. The van der Waals surface area contributed by atoms with Gasteiger partial charge in [-0.15, -0.1) is 0 Å². The molecule has 1 saturated carbocycles. The molecular weight excluding hydrogens is 336 g/mol. The lowest BCUT2D eigenvalue weighted by molar-refractivity contribution is 0.0837. The van der Waals surface area contributed by atoms with Crippen LogP contribution in [0.4, 0.5) is 14.5 Å². The van der Waals surface area contributed by atoms with E-state index in [4.69, 9.17) is 0 Å². The number of rotatable bonds is 4. The maximum absolute atomic E-state index is 14.0. The van der Waals surface area contributed by atoms with E-state index in [1.54, 1.807) is 19.2 Å². The van der Waals surface area contributed by atoms with Crippen molar-refractivity contribution in [3.8, 4) is 0 Å². The molecule has 1 aromatic carbocycles. The van der Waals surface area contributed by atoms with Crippen molar-refractivity contribution in [1.82, 2.24) is 9.78 Å². The number of carbonyl (C=O) groups is 1. The second-order valence-corrected chi connectivity index (χ2v) is 7.75. The minimum absolute atomic E-state index is 0.175. The van der Waals surface area contributed by atoms with Crippen molar-refractivity contribution in [3.63, 3.8) is 0 Å². The maximum atomic E-state index is 14.0. The Morgan fingerprint density at radius 1 is 1.27 bits per heavy atom. The van der Waals surface area contributed by atoms with Crippen LogP contribution >= 0.6 is 0 Å². The van der Waals surface area contributed by atoms with Gasteiger partial charge in [-0.25, -0.2) is 0 Å². The van der Waals surface area contributed by atoms with E-state index >= 15 is 0 Å². The molecule has 26 heavy (non-hydrogen) atoms. The molecule has 0 spiro atoms. The van der Waals surface area contributed by atoms with Crippen molar-refractivity contribution in [3.05, 3.63) is 47.3 Å². The summed E-state index contributed by atoms with van der Waals surface area (Å²) in [5, 5.41) is 3.94. The number of fused-ring (bicyclic) bond motifs is 5. The summed E-state index contributed by atoms with van der Waals surface area (Å²) in [6.45, 7) is 1.51. The lowest BCUT2D eigenvalue weighted by Gasteiger charge is -2.27. The number of aromatic nitrogens is 2. The zero-order valence-electron chi connectivity index (χ0n) is 15.2. The standard InChI is InChI=1S/C20H23F2N3O/c1-11(2)17-14-7-8-15(17)18-13(14)5-4-6-16(18)25(20(21)22)19(26)12-9-23-24(3)10-12/h4-6,9-11,14-15,17,20H,7-8H2,1-3H3/t14?,15?,17-/m1/s1. The molecule has 2 aliphatic carbocycles. The highest BCUT2D eigenvalue weighted by atomic mass is 19.3. The molecule has 2 unspecified atom stereocenters. The van der Waals surface area contributed by atoms with E-state index in [0.29, 0.717) is 28.3 Å². The van der Waals surface area contributed by atoms with Gasteiger partial charge in [-0.2, -0.15) is 13.9 Å². The van der Waals surface area contributed by atoms with Crippen LogP contribution < -0.4 is 4.90 Å². The van der Waals surface area contributed by atoms with Crippen molar-refractivity contribution < 1.29 is 13.6 Å². The third-order valence-corrected chi connectivity index (χ3v) is 6.00. The summed E-state index contributed by atoms with van der Waals surface area (Å²) in [5.41, 5.74) is 2.65. The highest BCUT2D eigenvalue weighted by Crippen LogP contribution is 2.61. The van der Waals surface area contributed by atoms with Crippen molar-refractivity contribution in [1.29, 1.82) is 0 Å². The second-order valence-electron chi connectivity index (χ2n) is 7.75. The number of halogens is 2. The largest absolute Gasteiger partial charge is 0.321 e. The van der Waals surface area contributed by atoms with Crippen LogP contribution in [0.5, 0.6) is 0 Å². The summed E-state index contributed by atoms with van der Waals surface area (Å²) in [6.07, 6.45) is 4.93. The van der Waals surface area contributed by atoms with Gasteiger partial charge in [0.2, 0.25) is 0 Å². The van der Waals surface area contributed by atoms with E-state index in [0.717, 1.165) is 24.0 Å². The molecule has 0 radical (unpaired) electrons. The van der Waals surface area contributed by atoms with Crippen LogP contribution in [0, 0.1) is 11.8 Å². The molecule has 0 N–H and O–H groups in total. The van der Waals surface area contributed by atoms with Gasteiger partial charge in [0.15, 0.2) is 0 Å². The van der Waals surface area contributed by atoms with Gasteiger partial charge >= 0.3 is 6.55 Å². The van der Waals surface area contributed by atoms with Crippen LogP contribution in [0.2, 0.25) is 0 Å². The lowest BCUT2D eigenvalue weighted by atomic mass is 9.84. The Hall–Kier alpha value is -2.24. The minimum atomic E-state index is -2.90. The first kappa shape index (κ1) is 17.2. The average molecular weight is 359 g/mol. The Morgan fingerprint density at radius 2 is 2.00 bits per heavy atom. The Morgan fingerprint density at radius 3 is 2.62 bits per heavy atom. The molecule has 4 rings (SSSR count). The molecule has 4 nitrogen and oxygen atoms in total. The zero-order valence-corrected chi connectivity index (χ0v) is 15.2. The fourth-order valence-electron chi connectivity index (χ4n) is 5.14. The molecule has 1 fully saturated rings. The van der Waals surface area contributed by atoms with Crippen LogP contribution in [0.25, 0.3) is 0 Å². The fourth-order valence-corrected chi connectivity index (χ4v) is 5.14. The van der Waals surface area contributed by atoms with Crippen molar-refractivity contribution >= 4 is 11.6 Å². The Labute approximate surface area is 151 Å². The molecule has 1 heterocycles. The number of hydrogen-bond donors (Lipinski definition) is 0. The molecule has 2 aliphatic rings. The third kappa shape index (κ3) is 2.46. The van der Waals surface area contributed by atoms with Crippen molar-refractivity contribution in [2.45, 2.75) is 45.1 Å². The first-order valence-electron chi connectivity index (χ1n) is 9.13. The van der Waals surface area contributed by atoms with E-state index in [2.05, 4.69) is 25.0 Å². The van der Waals surface area contributed by atoms with Gasteiger partial charge in [-0.3, -0.25) is 14.4 Å². The number of nitrogens with zero attached hydrogens (tertiary/aromatic N) is 3. The molecule has 2 bridgehead atoms. The molecule has 3 atom stereocenters. The maximum Gasteiger partial charge on any atom is 0.321 e. The Bertz CT molecular complexity index is 845. The van der Waals surface area contributed by atoms with Gasteiger partial charge in [0.25, 0.3) is 5.91 Å². The molecule has 0 saturated heterocycles. The average Bonchev–Trinajstić information content (AvgIpc) is 3.28. The molecule has 6 heteroatoms. The first-order chi connectivity index (χ1) is 12.4. The van der Waals surface area contributed by atoms with Crippen LogP contribution in [0.1, 0.15) is 60.0 Å². The summed E-state index contributed by atoms with van der Waals surface area (Å²) < 4.78 is 29.4. The van der Waals surface area contributed by atoms with E-state index in [-0.39, 0.29) is 11.5 Å². The second kappa shape index (κ2) is 6.18. The van der Waals surface area contributed by atoms with Gasteiger partial charge in [-0.05, 0) is 53.7 Å². The molecule has 0 aliphatic heterocycles. The fraction of sp³-hybridized carbons (Fsp3) is 0.500. The van der Waals surface area contributed by atoms with Crippen LogP contribution in [-0.4, -0.2) is 22.2 Å². The predicted molar refractivity (Wildman–Crippen MR) is 95.5 cm³/mol. The third-order valence-electron chi connectivity index (χ3n) is 6.00. The quantitative estimate of drug-likeness (QED) is 0.752. The summed E-state index contributed by atoms with van der Waals surface area (Å²) >= 11 is 0. The number of aryl methyl sites for hydroxylation is 1. The molecule has 2 aromatic rings. The van der Waals surface area contributed by atoms with E-state index in [9.17, 15) is 13.6 Å². The van der Waals surface area contributed by atoms with Gasteiger partial charge in [0.05, 0.1) is 17.4 Å². The molecule has 1 amide bonds. The monoisotopic (exact) mass is 359 g/mol. The number of hydrogen-bond acceptors (Lipinski definition) is 2. The van der Waals surface area contributed by atoms with E-state index in [1.807, 2.05) is 0 Å². The SMILES string of the molecule is CC(C)[C@@H]1C2CCC1c1c2cccc1N(C(=O)c1cnn(C)c1)C(F)F. The zero-order chi connectivity index (χ0) is 18.6.